The first-order chi connectivity index (χ1) is 19.2. The number of benzene rings is 6. The Morgan fingerprint density at radius 1 is 0.410 bits per heavy atom. The van der Waals surface area contributed by atoms with Crippen LogP contribution in [0.3, 0.4) is 0 Å². The molecule has 0 saturated carbocycles. The van der Waals surface area contributed by atoms with Crippen molar-refractivity contribution in [3.63, 3.8) is 0 Å². The van der Waals surface area contributed by atoms with E-state index in [1.54, 1.807) is 0 Å². The highest BCUT2D eigenvalue weighted by Crippen LogP contribution is 2.31. The van der Waals surface area contributed by atoms with Crippen LogP contribution in [0.25, 0.3) is 21.5 Å². The third-order valence-electron chi connectivity index (χ3n) is 7.41. The van der Waals surface area contributed by atoms with Crippen LogP contribution in [-0.2, 0) is 4.74 Å². The average Bonchev–Trinajstić information content (AvgIpc) is 3.01. The molecule has 5 heteroatoms. The molecule has 0 aromatic heterocycles. The zero-order valence-corrected chi connectivity index (χ0v) is 21.5. The molecule has 0 heterocycles. The van der Waals surface area contributed by atoms with Gasteiger partial charge in [0.15, 0.2) is 0 Å². The zero-order chi connectivity index (χ0) is 26.6. The van der Waals surface area contributed by atoms with Crippen LogP contribution in [0, 0.1) is 0 Å². The molecule has 0 aliphatic carbocycles. The zero-order valence-electron chi connectivity index (χ0n) is 21.5. The van der Waals surface area contributed by atoms with Crippen molar-refractivity contribution < 1.29 is 14.8 Å². The fourth-order valence-electron chi connectivity index (χ4n) is 5.46. The van der Waals surface area contributed by atoms with E-state index in [1.165, 1.54) is 0 Å². The molecule has 0 aliphatic rings. The molecular formula is C34H28B2O3. The summed E-state index contributed by atoms with van der Waals surface area (Å²) in [5, 5.41) is 27.9. The van der Waals surface area contributed by atoms with Gasteiger partial charge in [-0.15, -0.1) is 0 Å². The van der Waals surface area contributed by atoms with Crippen molar-refractivity contribution in [2.24, 2.45) is 0 Å². The van der Waals surface area contributed by atoms with Crippen molar-refractivity contribution in [2.45, 2.75) is 12.0 Å². The van der Waals surface area contributed by atoms with E-state index in [4.69, 9.17) is 4.74 Å². The first-order valence-corrected chi connectivity index (χ1v) is 13.3. The number of ether oxygens (including phenoxy) is 1. The summed E-state index contributed by atoms with van der Waals surface area (Å²) in [6, 6.07) is 46.1. The van der Waals surface area contributed by atoms with Gasteiger partial charge in [-0.1, -0.05) is 146 Å². The quantitative estimate of drug-likeness (QED) is 0.263. The van der Waals surface area contributed by atoms with Crippen LogP contribution in [0.15, 0.2) is 146 Å². The second-order valence-corrected chi connectivity index (χ2v) is 9.83. The normalized spacial score (nSPS) is 12.8. The third-order valence-corrected chi connectivity index (χ3v) is 7.41. The van der Waals surface area contributed by atoms with Gasteiger partial charge in [-0.25, -0.2) is 0 Å². The number of hydrogen-bond donors (Lipinski definition) is 2. The summed E-state index contributed by atoms with van der Waals surface area (Å²) in [6.07, 6.45) is 0. The van der Waals surface area contributed by atoms with Crippen LogP contribution in [-0.4, -0.2) is 23.9 Å². The fourth-order valence-corrected chi connectivity index (χ4v) is 5.46. The Morgan fingerprint density at radius 3 is 1.21 bits per heavy atom. The third kappa shape index (κ3) is 5.13. The fraction of sp³-hybridized carbons (Fsp3) is 0.0588. The maximum absolute atomic E-state index is 11.9. The van der Waals surface area contributed by atoms with Gasteiger partial charge in [-0.2, -0.15) is 0 Å². The van der Waals surface area contributed by atoms with Crippen LogP contribution in [0.5, 0.6) is 0 Å². The molecule has 0 aliphatic heterocycles. The van der Waals surface area contributed by atoms with Gasteiger partial charge in [0.05, 0.1) is 12.0 Å². The van der Waals surface area contributed by atoms with Crippen LogP contribution in [0.2, 0.25) is 0 Å². The lowest BCUT2D eigenvalue weighted by atomic mass is 9.51. The highest BCUT2D eigenvalue weighted by atomic mass is 16.5. The minimum absolute atomic E-state index is 0.730. The van der Waals surface area contributed by atoms with Crippen molar-refractivity contribution in [2.75, 3.05) is 0 Å². The Bertz CT molecular complexity index is 1550. The lowest BCUT2D eigenvalue weighted by Gasteiger charge is -2.30. The van der Waals surface area contributed by atoms with Crippen LogP contribution in [0.1, 0.15) is 23.1 Å². The van der Waals surface area contributed by atoms with Crippen molar-refractivity contribution in [1.29, 1.82) is 0 Å². The summed E-state index contributed by atoms with van der Waals surface area (Å²) in [5.41, 5.74) is 3.25. The molecule has 39 heavy (non-hydrogen) atoms. The summed E-state index contributed by atoms with van der Waals surface area (Å²) in [5.74, 6) is 0. The van der Waals surface area contributed by atoms with Gasteiger partial charge in [0.25, 0.3) is 0 Å². The minimum Gasteiger partial charge on any atom is -0.445 e. The largest absolute Gasteiger partial charge is 0.445 e. The molecule has 3 nitrogen and oxygen atoms in total. The maximum Gasteiger partial charge on any atom is 0.359 e. The molecule has 0 saturated heterocycles. The van der Waals surface area contributed by atoms with E-state index in [2.05, 4.69) is 0 Å². The number of fused-ring (bicyclic) bond motifs is 2. The number of hydrogen-bond acceptors (Lipinski definition) is 3. The summed E-state index contributed by atoms with van der Waals surface area (Å²) in [6.45, 7) is -1.94. The molecule has 2 atom stereocenters. The number of rotatable bonds is 8. The smallest absolute Gasteiger partial charge is 0.359 e. The lowest BCUT2D eigenvalue weighted by molar-refractivity contribution is 0.0592. The van der Waals surface area contributed by atoms with Gasteiger partial charge in [-0.05, 0) is 43.6 Å². The van der Waals surface area contributed by atoms with Crippen molar-refractivity contribution in [1.82, 2.24) is 0 Å². The van der Waals surface area contributed by atoms with Gasteiger partial charge < -0.3 is 14.8 Å². The summed E-state index contributed by atoms with van der Waals surface area (Å²) in [4.78, 5) is 0. The maximum atomic E-state index is 11.9. The van der Waals surface area contributed by atoms with Crippen molar-refractivity contribution in [3.05, 3.63) is 157 Å². The molecule has 2 unspecified atom stereocenters. The van der Waals surface area contributed by atoms with E-state index in [1.807, 2.05) is 146 Å². The topological polar surface area (TPSA) is 49.7 Å². The van der Waals surface area contributed by atoms with E-state index in [9.17, 15) is 10.0 Å². The van der Waals surface area contributed by atoms with E-state index in [-0.39, 0.29) is 0 Å². The SMILES string of the molecule is OB(c1cccc2ccccc12)C(OC(B(O)c1cccc2ccccc12)c1ccccc1)c1ccccc1. The Hall–Kier alpha value is -4.15. The van der Waals surface area contributed by atoms with E-state index in [0.717, 1.165) is 43.6 Å². The Kier molecular flexibility index (Phi) is 7.29. The Morgan fingerprint density at radius 2 is 0.769 bits per heavy atom. The van der Waals surface area contributed by atoms with E-state index >= 15 is 0 Å². The first-order valence-electron chi connectivity index (χ1n) is 13.3. The molecular weight excluding hydrogens is 478 g/mol. The average molecular weight is 506 g/mol. The predicted molar refractivity (Wildman–Crippen MR) is 163 cm³/mol. The van der Waals surface area contributed by atoms with Gasteiger partial charge in [-0.3, -0.25) is 0 Å². The van der Waals surface area contributed by atoms with Crippen LogP contribution in [0.4, 0.5) is 0 Å². The van der Waals surface area contributed by atoms with Crippen molar-refractivity contribution >= 4 is 46.3 Å². The monoisotopic (exact) mass is 506 g/mol. The summed E-state index contributed by atoms with van der Waals surface area (Å²) in [7, 11) is 0. The Labute approximate surface area is 229 Å². The molecule has 6 rings (SSSR count). The highest BCUT2D eigenvalue weighted by Gasteiger charge is 2.38. The molecule has 0 fully saturated rings. The van der Waals surface area contributed by atoms with Gasteiger partial charge in [0, 0.05) is 0 Å². The highest BCUT2D eigenvalue weighted by molar-refractivity contribution is 6.71. The molecule has 0 spiro atoms. The Balaban J connectivity index is 1.46. The standard InChI is InChI=1S/C34H28B2O3/c37-35(31-23-11-19-25-13-7-9-21-29(25)31)33(27-15-3-1-4-16-27)39-34(28-17-5-2-6-18-28)36(38)32-24-12-20-26-14-8-10-22-30(26)32/h1-24,33-34,37-38H. The molecule has 0 bridgehead atoms. The summed E-state index contributed by atoms with van der Waals surface area (Å²) < 4.78 is 6.85. The van der Waals surface area contributed by atoms with E-state index in [0.29, 0.717) is 0 Å². The molecule has 0 radical (unpaired) electrons. The van der Waals surface area contributed by atoms with Crippen LogP contribution >= 0.6 is 0 Å². The molecule has 0 amide bonds. The van der Waals surface area contributed by atoms with E-state index < -0.39 is 25.8 Å². The first kappa shape index (κ1) is 25.1. The summed E-state index contributed by atoms with van der Waals surface area (Å²) >= 11 is 0. The second-order valence-electron chi connectivity index (χ2n) is 9.83. The van der Waals surface area contributed by atoms with Crippen molar-refractivity contribution in [3.8, 4) is 0 Å². The van der Waals surface area contributed by atoms with Crippen LogP contribution < -0.4 is 10.9 Å². The minimum atomic E-state index is -0.968. The van der Waals surface area contributed by atoms with Gasteiger partial charge in [0.2, 0.25) is 0 Å². The molecule has 2 N–H and O–H groups in total. The molecule has 188 valence electrons. The second kappa shape index (κ2) is 11.3. The molecule has 6 aromatic rings. The van der Waals surface area contributed by atoms with Gasteiger partial charge in [0.1, 0.15) is 0 Å². The lowest BCUT2D eigenvalue weighted by Crippen LogP contribution is -2.44. The van der Waals surface area contributed by atoms with Gasteiger partial charge >= 0.3 is 13.8 Å². The predicted octanol–water partition coefficient (Wildman–Crippen LogP) is 5.65. The molecule has 6 aromatic carbocycles.